The molecule has 18 heavy (non-hydrogen) atoms. The number of thioether (sulfide) groups is 1. The first-order valence-electron chi connectivity index (χ1n) is 6.30. The molecule has 0 aromatic heterocycles. The van der Waals surface area contributed by atoms with Crippen LogP contribution in [0.2, 0.25) is 0 Å². The Morgan fingerprint density at radius 1 is 1.50 bits per heavy atom. The van der Waals surface area contributed by atoms with Crippen LogP contribution >= 0.6 is 11.8 Å². The molecule has 1 aliphatic heterocycles. The van der Waals surface area contributed by atoms with Crippen LogP contribution in [0, 0.1) is 5.92 Å². The topological polar surface area (TPSA) is 46.3 Å². The van der Waals surface area contributed by atoms with Crippen LogP contribution in [0.5, 0.6) is 0 Å². The highest BCUT2D eigenvalue weighted by Crippen LogP contribution is 2.39. The van der Waals surface area contributed by atoms with Crippen LogP contribution in [0.25, 0.3) is 0 Å². The van der Waals surface area contributed by atoms with Crippen molar-refractivity contribution >= 4 is 23.4 Å². The van der Waals surface area contributed by atoms with Crippen molar-refractivity contribution in [2.75, 3.05) is 18.5 Å². The zero-order chi connectivity index (χ0) is 13.3. The summed E-state index contributed by atoms with van der Waals surface area (Å²) in [5, 5.41) is 0.00434. The third-order valence-corrected chi connectivity index (χ3v) is 4.49. The van der Waals surface area contributed by atoms with Gasteiger partial charge < -0.3 is 10.6 Å². The Kier molecular flexibility index (Phi) is 3.97. The third-order valence-electron chi connectivity index (χ3n) is 3.35. The molecule has 0 fully saturated rings. The summed E-state index contributed by atoms with van der Waals surface area (Å²) in [7, 11) is 1.85. The molecule has 0 bridgehead atoms. The van der Waals surface area contributed by atoms with Gasteiger partial charge in [0, 0.05) is 11.9 Å². The molecular formula is C14H20N2OS. The molecule has 0 saturated heterocycles. The van der Waals surface area contributed by atoms with Crippen molar-refractivity contribution in [1.82, 2.24) is 0 Å². The fourth-order valence-electron chi connectivity index (χ4n) is 2.17. The number of hydrogen-bond donors (Lipinski definition) is 1. The number of hydrogen-bond acceptors (Lipinski definition) is 3. The van der Waals surface area contributed by atoms with Crippen molar-refractivity contribution in [2.24, 2.45) is 11.7 Å². The Bertz CT molecular complexity index is 461. The molecule has 0 radical (unpaired) electrons. The predicted molar refractivity (Wildman–Crippen MR) is 77.1 cm³/mol. The van der Waals surface area contributed by atoms with Crippen molar-refractivity contribution in [3.8, 4) is 0 Å². The quantitative estimate of drug-likeness (QED) is 0.911. The summed E-state index contributed by atoms with van der Waals surface area (Å²) in [5.74, 6) is 0.670. The van der Waals surface area contributed by atoms with E-state index in [9.17, 15) is 4.79 Å². The Morgan fingerprint density at radius 2 is 2.22 bits per heavy atom. The normalized spacial score (nSPS) is 20.8. The lowest BCUT2D eigenvalue weighted by Gasteiger charge is -2.29. The van der Waals surface area contributed by atoms with E-state index < -0.39 is 0 Å². The van der Waals surface area contributed by atoms with Gasteiger partial charge in [-0.05, 0) is 43.5 Å². The minimum absolute atomic E-state index is 0.00434. The summed E-state index contributed by atoms with van der Waals surface area (Å²) < 4.78 is 0. The molecule has 2 N–H and O–H groups in total. The highest BCUT2D eigenvalue weighted by molar-refractivity contribution is 8.00. The lowest BCUT2D eigenvalue weighted by Crippen LogP contribution is -2.36. The molecule has 3 nitrogen and oxygen atoms in total. The molecular weight excluding hydrogens is 244 g/mol. The lowest BCUT2D eigenvalue weighted by molar-refractivity contribution is -0.117. The fourth-order valence-corrected chi connectivity index (χ4v) is 3.36. The third kappa shape index (κ3) is 2.54. The first-order valence-corrected chi connectivity index (χ1v) is 7.18. The summed E-state index contributed by atoms with van der Waals surface area (Å²) in [6, 6.07) is 6.35. The van der Waals surface area contributed by atoms with Crippen LogP contribution in [0.1, 0.15) is 19.4 Å². The standard InChI is InChI=1S/C14H20N2OS/c1-9(8-15)6-11-4-5-12-13(7-11)18-10(2)14(17)16(12)3/h4-5,7,9-10H,6,8,15H2,1-3H3. The average Bonchev–Trinajstić information content (AvgIpc) is 2.35. The molecule has 1 aliphatic rings. The predicted octanol–water partition coefficient (Wildman–Crippen LogP) is 2.28. The van der Waals surface area contributed by atoms with Gasteiger partial charge in [-0.15, -0.1) is 11.8 Å². The van der Waals surface area contributed by atoms with E-state index in [1.165, 1.54) is 10.5 Å². The highest BCUT2D eigenvalue weighted by Gasteiger charge is 2.28. The molecule has 2 unspecified atom stereocenters. The van der Waals surface area contributed by atoms with Gasteiger partial charge in [-0.1, -0.05) is 13.0 Å². The SMILES string of the molecule is CC(CN)Cc1ccc2c(c1)SC(C)C(=O)N2C. The minimum atomic E-state index is 0.00434. The van der Waals surface area contributed by atoms with Crippen molar-refractivity contribution < 1.29 is 4.79 Å². The molecule has 0 aliphatic carbocycles. The van der Waals surface area contributed by atoms with Gasteiger partial charge in [-0.25, -0.2) is 0 Å². The molecule has 4 heteroatoms. The maximum absolute atomic E-state index is 11.9. The van der Waals surface area contributed by atoms with E-state index in [0.717, 1.165) is 12.1 Å². The smallest absolute Gasteiger partial charge is 0.239 e. The van der Waals surface area contributed by atoms with Crippen LogP contribution in [-0.4, -0.2) is 24.7 Å². The average molecular weight is 264 g/mol. The maximum atomic E-state index is 11.9. The number of fused-ring (bicyclic) bond motifs is 1. The Labute approximate surface area is 113 Å². The van der Waals surface area contributed by atoms with E-state index in [2.05, 4.69) is 19.1 Å². The monoisotopic (exact) mass is 264 g/mol. The van der Waals surface area contributed by atoms with Crippen molar-refractivity contribution in [2.45, 2.75) is 30.4 Å². The molecule has 1 amide bonds. The number of nitrogens with two attached hydrogens (primary N) is 1. The van der Waals surface area contributed by atoms with E-state index in [0.29, 0.717) is 12.5 Å². The Balaban J connectivity index is 2.27. The van der Waals surface area contributed by atoms with E-state index in [4.69, 9.17) is 5.73 Å². The van der Waals surface area contributed by atoms with E-state index in [1.807, 2.05) is 20.0 Å². The summed E-state index contributed by atoms with van der Waals surface area (Å²) in [5.41, 5.74) is 7.98. The summed E-state index contributed by atoms with van der Waals surface area (Å²) in [6.45, 7) is 4.82. The molecule has 1 heterocycles. The van der Waals surface area contributed by atoms with Gasteiger partial charge in [0.1, 0.15) is 0 Å². The van der Waals surface area contributed by atoms with E-state index >= 15 is 0 Å². The second kappa shape index (κ2) is 5.33. The number of carbonyl (C=O) groups is 1. The number of benzene rings is 1. The Hall–Kier alpha value is -1.00. The van der Waals surface area contributed by atoms with E-state index in [1.54, 1.807) is 16.7 Å². The maximum Gasteiger partial charge on any atom is 0.239 e. The zero-order valence-corrected chi connectivity index (χ0v) is 12.0. The van der Waals surface area contributed by atoms with Gasteiger partial charge in [0.05, 0.1) is 10.9 Å². The molecule has 2 atom stereocenters. The first-order chi connectivity index (χ1) is 8.52. The Morgan fingerprint density at radius 3 is 2.89 bits per heavy atom. The van der Waals surface area contributed by atoms with Gasteiger partial charge in [0.25, 0.3) is 0 Å². The molecule has 0 saturated carbocycles. The van der Waals surface area contributed by atoms with E-state index in [-0.39, 0.29) is 11.2 Å². The van der Waals surface area contributed by atoms with Crippen molar-refractivity contribution in [3.05, 3.63) is 23.8 Å². The van der Waals surface area contributed by atoms with Crippen molar-refractivity contribution in [3.63, 3.8) is 0 Å². The van der Waals surface area contributed by atoms with Gasteiger partial charge in [0.15, 0.2) is 0 Å². The largest absolute Gasteiger partial charge is 0.330 e. The molecule has 1 aromatic rings. The van der Waals surface area contributed by atoms with Crippen LogP contribution in [0.4, 0.5) is 5.69 Å². The number of amides is 1. The van der Waals surface area contributed by atoms with Gasteiger partial charge >= 0.3 is 0 Å². The van der Waals surface area contributed by atoms with Crippen LogP contribution in [0.15, 0.2) is 23.1 Å². The first kappa shape index (κ1) is 13.4. The minimum Gasteiger partial charge on any atom is -0.330 e. The van der Waals surface area contributed by atoms with Crippen LogP contribution < -0.4 is 10.6 Å². The number of nitrogens with zero attached hydrogens (tertiary/aromatic N) is 1. The van der Waals surface area contributed by atoms with Crippen LogP contribution in [0.3, 0.4) is 0 Å². The molecule has 98 valence electrons. The fraction of sp³-hybridized carbons (Fsp3) is 0.500. The number of carbonyl (C=O) groups excluding carboxylic acids is 1. The number of rotatable bonds is 3. The molecule has 2 rings (SSSR count). The molecule has 0 spiro atoms. The second-order valence-electron chi connectivity index (χ2n) is 5.00. The van der Waals surface area contributed by atoms with Crippen LogP contribution in [-0.2, 0) is 11.2 Å². The lowest BCUT2D eigenvalue weighted by atomic mass is 10.0. The van der Waals surface area contributed by atoms with Gasteiger partial charge in [-0.2, -0.15) is 0 Å². The number of anilines is 1. The summed E-state index contributed by atoms with van der Waals surface area (Å²) in [6.07, 6.45) is 0.996. The van der Waals surface area contributed by atoms with Gasteiger partial charge in [-0.3, -0.25) is 4.79 Å². The summed E-state index contributed by atoms with van der Waals surface area (Å²) >= 11 is 1.65. The highest BCUT2D eigenvalue weighted by atomic mass is 32.2. The van der Waals surface area contributed by atoms with Gasteiger partial charge in [0.2, 0.25) is 5.91 Å². The summed E-state index contributed by atoms with van der Waals surface area (Å²) in [4.78, 5) is 14.8. The molecule has 1 aromatic carbocycles. The zero-order valence-electron chi connectivity index (χ0n) is 11.1. The second-order valence-corrected chi connectivity index (χ2v) is 6.39. The van der Waals surface area contributed by atoms with Crippen molar-refractivity contribution in [1.29, 1.82) is 0 Å².